The van der Waals surface area contributed by atoms with Crippen LogP contribution in [0.5, 0.6) is 0 Å². The summed E-state index contributed by atoms with van der Waals surface area (Å²) >= 11 is 1.32. The quantitative estimate of drug-likeness (QED) is 0.670. The Hall–Kier alpha value is -3.05. The molecule has 0 radical (unpaired) electrons. The summed E-state index contributed by atoms with van der Waals surface area (Å²) in [6, 6.07) is 10.6. The fraction of sp³-hybridized carbons (Fsp3) is 0.222. The first-order chi connectivity index (χ1) is 12.6. The molecule has 3 aromatic rings. The zero-order valence-electron chi connectivity index (χ0n) is 14.4. The minimum atomic E-state index is -0.147. The lowest BCUT2D eigenvalue weighted by Gasteiger charge is -2.07. The largest absolute Gasteiger partial charge is 0.469 e. The molecule has 26 heavy (non-hydrogen) atoms. The summed E-state index contributed by atoms with van der Waals surface area (Å²) < 4.78 is 7.29. The second-order valence-electron chi connectivity index (χ2n) is 5.47. The Morgan fingerprint density at radius 2 is 2.08 bits per heavy atom. The molecule has 0 bridgehead atoms. The van der Waals surface area contributed by atoms with Gasteiger partial charge in [-0.2, -0.15) is 5.26 Å². The highest BCUT2D eigenvalue weighted by atomic mass is 32.2. The number of furan rings is 1. The number of carbonyl (C=O) groups is 1. The van der Waals surface area contributed by atoms with Crippen LogP contribution in [0.2, 0.25) is 0 Å². The van der Waals surface area contributed by atoms with Crippen LogP contribution in [0.1, 0.15) is 18.2 Å². The van der Waals surface area contributed by atoms with Gasteiger partial charge < -0.3 is 14.3 Å². The van der Waals surface area contributed by atoms with Gasteiger partial charge >= 0.3 is 0 Å². The molecule has 0 aliphatic rings. The van der Waals surface area contributed by atoms with E-state index in [1.807, 2.05) is 30.6 Å². The average Bonchev–Trinajstić information content (AvgIpc) is 3.25. The molecule has 0 atom stereocenters. The van der Waals surface area contributed by atoms with Crippen molar-refractivity contribution in [1.82, 2.24) is 14.8 Å². The van der Waals surface area contributed by atoms with Crippen LogP contribution in [0.15, 0.2) is 46.2 Å². The third-order valence-corrected chi connectivity index (χ3v) is 4.73. The van der Waals surface area contributed by atoms with Crippen LogP contribution in [-0.4, -0.2) is 26.4 Å². The molecule has 132 valence electrons. The summed E-state index contributed by atoms with van der Waals surface area (Å²) in [6.07, 6.45) is 1.62. The van der Waals surface area contributed by atoms with Gasteiger partial charge in [0.25, 0.3) is 0 Å². The van der Waals surface area contributed by atoms with E-state index in [1.54, 1.807) is 30.5 Å². The molecule has 0 saturated heterocycles. The Balaban J connectivity index is 1.66. The van der Waals surface area contributed by atoms with Crippen LogP contribution in [-0.2, 0) is 11.3 Å². The summed E-state index contributed by atoms with van der Waals surface area (Å²) in [4.78, 5) is 12.2. The van der Waals surface area contributed by atoms with Crippen LogP contribution < -0.4 is 5.32 Å². The predicted octanol–water partition coefficient (Wildman–Crippen LogP) is 3.47. The van der Waals surface area contributed by atoms with E-state index in [0.29, 0.717) is 23.0 Å². The number of nitrogens with zero attached hydrogens (tertiary/aromatic N) is 4. The topological polar surface area (TPSA) is 96.7 Å². The predicted molar refractivity (Wildman–Crippen MR) is 98.6 cm³/mol. The normalized spacial score (nSPS) is 10.5. The second-order valence-corrected chi connectivity index (χ2v) is 6.41. The van der Waals surface area contributed by atoms with Gasteiger partial charge in [-0.05, 0) is 44.2 Å². The molecule has 1 N–H and O–H groups in total. The van der Waals surface area contributed by atoms with Crippen molar-refractivity contribution >= 4 is 23.4 Å². The fourth-order valence-electron chi connectivity index (χ4n) is 2.45. The molecule has 0 unspecified atom stereocenters. The molecule has 1 aromatic carbocycles. The van der Waals surface area contributed by atoms with Crippen molar-refractivity contribution in [2.75, 3.05) is 11.1 Å². The first kappa shape index (κ1) is 17.8. The van der Waals surface area contributed by atoms with Crippen molar-refractivity contribution < 1.29 is 9.21 Å². The monoisotopic (exact) mass is 367 g/mol. The molecule has 7 nitrogen and oxygen atoms in total. The van der Waals surface area contributed by atoms with E-state index in [2.05, 4.69) is 15.5 Å². The van der Waals surface area contributed by atoms with Crippen LogP contribution in [0.3, 0.4) is 0 Å². The number of hydrogen-bond acceptors (Lipinski definition) is 6. The van der Waals surface area contributed by atoms with Gasteiger partial charge in [-0.3, -0.25) is 4.79 Å². The van der Waals surface area contributed by atoms with Gasteiger partial charge in [0.15, 0.2) is 11.0 Å². The molecule has 0 saturated carbocycles. The molecule has 8 heteroatoms. The number of aryl methyl sites for hydroxylation is 1. The lowest BCUT2D eigenvalue weighted by Crippen LogP contribution is -2.14. The number of hydrogen-bond donors (Lipinski definition) is 1. The summed E-state index contributed by atoms with van der Waals surface area (Å²) in [5.74, 6) is 1.57. The van der Waals surface area contributed by atoms with E-state index in [4.69, 9.17) is 9.68 Å². The Kier molecular flexibility index (Phi) is 5.39. The number of carbonyl (C=O) groups excluding carboxylic acids is 1. The Morgan fingerprint density at radius 1 is 1.31 bits per heavy atom. The van der Waals surface area contributed by atoms with Crippen molar-refractivity contribution in [3.8, 4) is 17.5 Å². The summed E-state index contributed by atoms with van der Waals surface area (Å²) in [5, 5.41) is 20.7. The number of rotatable bonds is 6. The zero-order chi connectivity index (χ0) is 18.5. The van der Waals surface area contributed by atoms with Crippen molar-refractivity contribution in [1.29, 1.82) is 5.26 Å². The van der Waals surface area contributed by atoms with E-state index >= 15 is 0 Å². The number of benzene rings is 1. The van der Waals surface area contributed by atoms with Gasteiger partial charge in [0.1, 0.15) is 5.76 Å². The maximum Gasteiger partial charge on any atom is 0.234 e. The van der Waals surface area contributed by atoms with Crippen LogP contribution in [0, 0.1) is 18.3 Å². The molecule has 0 spiro atoms. The first-order valence-corrected chi connectivity index (χ1v) is 9.01. The Labute approximate surface area is 155 Å². The molecule has 1 amide bonds. The fourth-order valence-corrected chi connectivity index (χ4v) is 3.25. The maximum absolute atomic E-state index is 12.2. The number of nitriles is 1. The van der Waals surface area contributed by atoms with Gasteiger partial charge in [0.05, 0.1) is 29.2 Å². The molecule has 2 heterocycles. The lowest BCUT2D eigenvalue weighted by molar-refractivity contribution is -0.113. The molecule has 0 aliphatic heterocycles. The Morgan fingerprint density at radius 3 is 2.69 bits per heavy atom. The number of thioether (sulfide) groups is 1. The molecular weight excluding hydrogens is 350 g/mol. The second kappa shape index (κ2) is 7.89. The highest BCUT2D eigenvalue weighted by Gasteiger charge is 2.17. The third-order valence-electron chi connectivity index (χ3n) is 3.76. The minimum Gasteiger partial charge on any atom is -0.469 e. The molecular formula is C18H17N5O2S. The lowest BCUT2D eigenvalue weighted by atomic mass is 10.2. The highest BCUT2D eigenvalue weighted by molar-refractivity contribution is 7.99. The van der Waals surface area contributed by atoms with Gasteiger partial charge in [-0.1, -0.05) is 11.8 Å². The number of anilines is 1. The van der Waals surface area contributed by atoms with Crippen molar-refractivity contribution in [3.05, 3.63) is 47.9 Å². The SMILES string of the molecule is CCn1c(SCC(=O)Nc2ccc(C#N)cc2)nnc1-c1ccoc1C. The summed E-state index contributed by atoms with van der Waals surface area (Å²) in [6.45, 7) is 4.57. The van der Waals surface area contributed by atoms with Crippen LogP contribution in [0.4, 0.5) is 5.69 Å². The molecule has 0 fully saturated rings. The van der Waals surface area contributed by atoms with Crippen LogP contribution >= 0.6 is 11.8 Å². The average molecular weight is 367 g/mol. The van der Waals surface area contributed by atoms with Gasteiger partial charge in [0, 0.05) is 12.2 Å². The van der Waals surface area contributed by atoms with Crippen molar-refractivity contribution in [2.24, 2.45) is 0 Å². The maximum atomic E-state index is 12.2. The third kappa shape index (κ3) is 3.78. The summed E-state index contributed by atoms with van der Waals surface area (Å²) in [7, 11) is 0. The van der Waals surface area contributed by atoms with E-state index in [-0.39, 0.29) is 11.7 Å². The smallest absolute Gasteiger partial charge is 0.234 e. The first-order valence-electron chi connectivity index (χ1n) is 8.03. The van der Waals surface area contributed by atoms with E-state index in [1.165, 1.54) is 11.8 Å². The Bertz CT molecular complexity index is 953. The van der Waals surface area contributed by atoms with E-state index in [0.717, 1.165) is 17.1 Å². The van der Waals surface area contributed by atoms with E-state index in [9.17, 15) is 4.79 Å². The highest BCUT2D eigenvalue weighted by Crippen LogP contribution is 2.27. The molecule has 2 aromatic heterocycles. The minimum absolute atomic E-state index is 0.147. The number of amides is 1. The zero-order valence-corrected chi connectivity index (χ0v) is 15.2. The van der Waals surface area contributed by atoms with Gasteiger partial charge in [0.2, 0.25) is 5.91 Å². The number of aromatic nitrogens is 3. The summed E-state index contributed by atoms with van der Waals surface area (Å²) in [5.41, 5.74) is 2.10. The van der Waals surface area contributed by atoms with Crippen molar-refractivity contribution in [2.45, 2.75) is 25.5 Å². The van der Waals surface area contributed by atoms with E-state index < -0.39 is 0 Å². The van der Waals surface area contributed by atoms with Crippen molar-refractivity contribution in [3.63, 3.8) is 0 Å². The standard InChI is InChI=1S/C18H17N5O2S/c1-3-23-17(15-8-9-25-12(15)2)21-22-18(23)26-11-16(24)20-14-6-4-13(10-19)5-7-14/h4-9H,3,11H2,1-2H3,(H,20,24). The van der Waals surface area contributed by atoms with Gasteiger partial charge in [-0.25, -0.2) is 0 Å². The van der Waals surface area contributed by atoms with Gasteiger partial charge in [-0.15, -0.1) is 10.2 Å². The molecule has 3 rings (SSSR count). The van der Waals surface area contributed by atoms with Crippen LogP contribution in [0.25, 0.3) is 11.4 Å². The number of nitrogens with one attached hydrogen (secondary N) is 1. The molecule has 0 aliphatic carbocycles.